The maximum absolute atomic E-state index is 12.2. The molecule has 0 unspecified atom stereocenters. The molecule has 0 saturated carbocycles. The second kappa shape index (κ2) is 7.71. The number of aromatic nitrogens is 2. The van der Waals surface area contributed by atoms with E-state index in [1.807, 2.05) is 11.4 Å². The van der Waals surface area contributed by atoms with Crippen molar-refractivity contribution in [3.63, 3.8) is 0 Å². The predicted molar refractivity (Wildman–Crippen MR) is 103 cm³/mol. The van der Waals surface area contributed by atoms with Gasteiger partial charge in [0.2, 0.25) is 5.91 Å². The average molecular weight is 391 g/mol. The van der Waals surface area contributed by atoms with Gasteiger partial charge in [-0.05, 0) is 25.1 Å². The summed E-state index contributed by atoms with van der Waals surface area (Å²) in [6.07, 6.45) is 0. The van der Waals surface area contributed by atoms with Crippen LogP contribution in [0, 0.1) is 6.92 Å². The molecule has 1 N–H and O–H groups in total. The van der Waals surface area contributed by atoms with Gasteiger partial charge in [0.1, 0.15) is 18.0 Å². The Morgan fingerprint density at radius 1 is 1.23 bits per heavy atom. The molecule has 9 heteroatoms. The Labute approximate surface area is 157 Å². The van der Waals surface area contributed by atoms with Gasteiger partial charge < -0.3 is 14.8 Å². The zero-order valence-electron chi connectivity index (χ0n) is 14.4. The molecule has 0 atom stereocenters. The number of rotatable bonds is 6. The van der Waals surface area contributed by atoms with Gasteiger partial charge in [-0.3, -0.25) is 14.2 Å². The summed E-state index contributed by atoms with van der Waals surface area (Å²) in [5.41, 5.74) is 2.20. The van der Waals surface area contributed by atoms with E-state index < -0.39 is 0 Å². The highest BCUT2D eigenvalue weighted by atomic mass is 32.1. The summed E-state index contributed by atoms with van der Waals surface area (Å²) in [6.45, 7) is 1.76. The van der Waals surface area contributed by atoms with Gasteiger partial charge >= 0.3 is 4.87 Å². The Morgan fingerprint density at radius 2 is 2.04 bits per heavy atom. The van der Waals surface area contributed by atoms with Crippen LogP contribution in [0.3, 0.4) is 0 Å². The first-order valence-electron chi connectivity index (χ1n) is 7.64. The summed E-state index contributed by atoms with van der Waals surface area (Å²) in [7, 11) is 3.17. The number of amides is 1. The summed E-state index contributed by atoms with van der Waals surface area (Å²) < 4.78 is 12.0. The van der Waals surface area contributed by atoms with Gasteiger partial charge in [0.05, 0.1) is 19.9 Å². The predicted octanol–water partition coefficient (Wildman–Crippen LogP) is 3.00. The highest BCUT2D eigenvalue weighted by molar-refractivity contribution is 7.14. The smallest absolute Gasteiger partial charge is 0.307 e. The number of thiazole rings is 2. The highest BCUT2D eigenvalue weighted by Crippen LogP contribution is 2.34. The van der Waals surface area contributed by atoms with Crippen LogP contribution in [0.4, 0.5) is 5.13 Å². The quantitative estimate of drug-likeness (QED) is 0.698. The molecule has 26 heavy (non-hydrogen) atoms. The lowest BCUT2D eigenvalue weighted by molar-refractivity contribution is -0.116. The molecule has 0 radical (unpaired) electrons. The molecule has 7 nitrogen and oxygen atoms in total. The van der Waals surface area contributed by atoms with Gasteiger partial charge in [0, 0.05) is 22.0 Å². The van der Waals surface area contributed by atoms with Crippen molar-refractivity contribution in [3.05, 3.63) is 44.3 Å². The fraction of sp³-hybridized carbons (Fsp3) is 0.235. The third-order valence-electron chi connectivity index (χ3n) is 3.71. The lowest BCUT2D eigenvalue weighted by atomic mass is 10.1. The molecular weight excluding hydrogens is 374 g/mol. The van der Waals surface area contributed by atoms with Crippen molar-refractivity contribution in [2.24, 2.45) is 0 Å². The molecule has 1 amide bonds. The molecule has 0 bridgehead atoms. The molecule has 0 saturated heterocycles. The minimum Gasteiger partial charge on any atom is -0.497 e. The van der Waals surface area contributed by atoms with Crippen LogP contribution in [0.5, 0.6) is 11.5 Å². The number of benzene rings is 1. The third kappa shape index (κ3) is 3.78. The van der Waals surface area contributed by atoms with Crippen molar-refractivity contribution in [2.45, 2.75) is 13.5 Å². The molecule has 0 fully saturated rings. The third-order valence-corrected chi connectivity index (χ3v) is 5.35. The summed E-state index contributed by atoms with van der Waals surface area (Å²) in [5, 5.41) is 6.74. The number of nitrogens with zero attached hydrogens (tertiary/aromatic N) is 2. The maximum atomic E-state index is 12.2. The molecule has 0 spiro atoms. The number of nitrogens with one attached hydrogen (secondary N) is 1. The van der Waals surface area contributed by atoms with Crippen LogP contribution in [0.2, 0.25) is 0 Å². The first-order valence-corrected chi connectivity index (χ1v) is 9.40. The second-order valence-corrected chi connectivity index (χ2v) is 7.06. The van der Waals surface area contributed by atoms with Crippen LogP contribution in [0.1, 0.15) is 5.69 Å². The number of ether oxygens (including phenoxy) is 2. The number of hydrogen-bond acceptors (Lipinski definition) is 7. The zero-order chi connectivity index (χ0) is 18.7. The van der Waals surface area contributed by atoms with Crippen LogP contribution < -0.4 is 19.7 Å². The first kappa shape index (κ1) is 18.2. The van der Waals surface area contributed by atoms with E-state index in [0.29, 0.717) is 22.3 Å². The second-order valence-electron chi connectivity index (χ2n) is 5.38. The van der Waals surface area contributed by atoms with Gasteiger partial charge in [-0.15, -0.1) is 11.3 Å². The fourth-order valence-electron chi connectivity index (χ4n) is 2.37. The van der Waals surface area contributed by atoms with Crippen molar-refractivity contribution in [1.29, 1.82) is 0 Å². The van der Waals surface area contributed by atoms with Crippen molar-refractivity contribution >= 4 is 33.7 Å². The number of carbonyl (C=O) groups excluding carboxylic acids is 1. The normalized spacial score (nSPS) is 10.6. The van der Waals surface area contributed by atoms with Gasteiger partial charge in [-0.1, -0.05) is 11.3 Å². The van der Waals surface area contributed by atoms with Crippen LogP contribution in [-0.2, 0) is 11.3 Å². The first-order chi connectivity index (χ1) is 12.5. The molecule has 136 valence electrons. The van der Waals surface area contributed by atoms with Crippen molar-refractivity contribution < 1.29 is 14.3 Å². The fourth-order valence-corrected chi connectivity index (χ4v) is 3.83. The molecule has 0 aliphatic carbocycles. The summed E-state index contributed by atoms with van der Waals surface area (Å²) in [6, 6.07) is 5.43. The van der Waals surface area contributed by atoms with Crippen LogP contribution in [-0.4, -0.2) is 29.7 Å². The van der Waals surface area contributed by atoms with Crippen LogP contribution >= 0.6 is 22.7 Å². The molecule has 0 aliphatic heterocycles. The number of aryl methyl sites for hydroxylation is 1. The molecular formula is C17H17N3O4S2. The largest absolute Gasteiger partial charge is 0.497 e. The minimum absolute atomic E-state index is 0.0361. The van der Waals surface area contributed by atoms with E-state index in [9.17, 15) is 9.59 Å². The molecule has 3 rings (SSSR count). The minimum atomic E-state index is -0.299. The standard InChI is InChI=1S/C17H17N3O4S2/c1-10-8-26-17(22)20(10)7-15(21)19-16-18-13(9-25-16)12-6-11(23-2)4-5-14(12)24-3/h4-6,8-9H,7H2,1-3H3,(H,18,19,21). The van der Waals surface area contributed by atoms with E-state index in [2.05, 4.69) is 10.3 Å². The lowest BCUT2D eigenvalue weighted by Crippen LogP contribution is -2.25. The monoisotopic (exact) mass is 391 g/mol. The van der Waals surface area contributed by atoms with E-state index in [1.54, 1.807) is 38.7 Å². The van der Waals surface area contributed by atoms with Gasteiger partial charge in [-0.2, -0.15) is 0 Å². The zero-order valence-corrected chi connectivity index (χ0v) is 16.1. The van der Waals surface area contributed by atoms with Crippen LogP contribution in [0.15, 0.2) is 33.8 Å². The average Bonchev–Trinajstić information content (AvgIpc) is 3.23. The SMILES string of the molecule is COc1ccc(OC)c(-c2csc(NC(=O)Cn3c(C)csc3=O)n2)c1. The summed E-state index contributed by atoms with van der Waals surface area (Å²) >= 11 is 2.38. The van der Waals surface area contributed by atoms with E-state index in [0.717, 1.165) is 22.6 Å². The Morgan fingerprint density at radius 3 is 2.69 bits per heavy atom. The molecule has 2 aromatic heterocycles. The van der Waals surface area contributed by atoms with Crippen molar-refractivity contribution in [1.82, 2.24) is 9.55 Å². The van der Waals surface area contributed by atoms with Gasteiger partial charge in [-0.25, -0.2) is 4.98 Å². The Bertz CT molecular complexity index is 990. The molecule has 0 aliphatic rings. The Balaban J connectivity index is 1.78. The topological polar surface area (TPSA) is 82.5 Å². The van der Waals surface area contributed by atoms with E-state index in [-0.39, 0.29) is 17.3 Å². The maximum Gasteiger partial charge on any atom is 0.307 e. The van der Waals surface area contributed by atoms with Crippen LogP contribution in [0.25, 0.3) is 11.3 Å². The van der Waals surface area contributed by atoms with Crippen molar-refractivity contribution in [2.75, 3.05) is 19.5 Å². The Hall–Kier alpha value is -2.65. The van der Waals surface area contributed by atoms with Crippen molar-refractivity contribution in [3.8, 4) is 22.8 Å². The summed E-state index contributed by atoms with van der Waals surface area (Å²) in [4.78, 5) is 28.2. The molecule has 1 aromatic carbocycles. The molecule has 2 heterocycles. The lowest BCUT2D eigenvalue weighted by Gasteiger charge is -2.08. The number of anilines is 1. The van der Waals surface area contributed by atoms with Gasteiger partial charge in [0.25, 0.3) is 0 Å². The number of methoxy groups -OCH3 is 2. The Kier molecular flexibility index (Phi) is 5.38. The number of carbonyl (C=O) groups is 1. The highest BCUT2D eigenvalue weighted by Gasteiger charge is 2.14. The van der Waals surface area contributed by atoms with E-state index in [1.165, 1.54) is 15.9 Å². The number of hydrogen-bond donors (Lipinski definition) is 1. The van der Waals surface area contributed by atoms with E-state index >= 15 is 0 Å². The van der Waals surface area contributed by atoms with Gasteiger partial charge in [0.15, 0.2) is 5.13 Å². The summed E-state index contributed by atoms with van der Waals surface area (Å²) in [5.74, 6) is 1.05. The van der Waals surface area contributed by atoms with E-state index in [4.69, 9.17) is 9.47 Å². The molecule has 3 aromatic rings.